The molecule has 0 heterocycles. The molecule has 1 fully saturated rings. The topological polar surface area (TPSA) is 46.6 Å². The lowest BCUT2D eigenvalue weighted by Crippen LogP contribution is -2.32. The predicted molar refractivity (Wildman–Crippen MR) is 75.1 cm³/mol. The van der Waals surface area contributed by atoms with Crippen LogP contribution in [-0.2, 0) is 15.9 Å². The normalized spacial score (nSPS) is 15.8. The maximum atomic E-state index is 12.6. The van der Waals surface area contributed by atoms with Crippen molar-refractivity contribution >= 4 is 21.6 Å². The van der Waals surface area contributed by atoms with E-state index < -0.39 is 10.0 Å². The van der Waals surface area contributed by atoms with Gasteiger partial charge in [0, 0.05) is 18.2 Å². The first-order valence-electron chi connectivity index (χ1n) is 6.29. The lowest BCUT2D eigenvalue weighted by atomic mass is 10.2. The lowest BCUT2D eigenvalue weighted by molar-refractivity contribution is 0.409. The molecule has 0 radical (unpaired) electrons. The summed E-state index contributed by atoms with van der Waals surface area (Å²) in [7, 11) is -1.88. The van der Waals surface area contributed by atoms with Crippen LogP contribution < -0.4 is 4.74 Å². The van der Waals surface area contributed by atoms with Crippen molar-refractivity contribution < 1.29 is 13.2 Å². The van der Waals surface area contributed by atoms with Gasteiger partial charge in [-0.25, -0.2) is 8.42 Å². The van der Waals surface area contributed by atoms with Gasteiger partial charge >= 0.3 is 0 Å². The number of hydrogen-bond acceptors (Lipinski definition) is 3. The monoisotopic (exact) mass is 303 g/mol. The highest BCUT2D eigenvalue weighted by atomic mass is 35.5. The lowest BCUT2D eigenvalue weighted by Gasteiger charge is -2.20. The molecule has 0 bridgehead atoms. The molecule has 1 saturated carbocycles. The van der Waals surface area contributed by atoms with E-state index in [0.717, 1.165) is 12.8 Å². The molecule has 0 atom stereocenters. The predicted octanol–water partition coefficient (Wildman–Crippen LogP) is 2.61. The summed E-state index contributed by atoms with van der Waals surface area (Å²) in [5.41, 5.74) is 0.692. The molecule has 0 saturated heterocycles. The first-order valence-corrected chi connectivity index (χ1v) is 8.26. The van der Waals surface area contributed by atoms with Crippen LogP contribution in [0.3, 0.4) is 0 Å². The number of halogens is 1. The maximum absolute atomic E-state index is 12.6. The van der Waals surface area contributed by atoms with Crippen molar-refractivity contribution in [3.05, 3.63) is 23.8 Å². The number of rotatable bonds is 6. The van der Waals surface area contributed by atoms with E-state index in [4.69, 9.17) is 16.3 Å². The molecule has 1 aliphatic carbocycles. The molecule has 106 valence electrons. The minimum atomic E-state index is -3.43. The van der Waals surface area contributed by atoms with E-state index in [-0.39, 0.29) is 16.8 Å². The molecule has 6 heteroatoms. The third kappa shape index (κ3) is 2.88. The number of methoxy groups -OCH3 is 1. The fourth-order valence-corrected chi connectivity index (χ4v) is 4.10. The zero-order valence-corrected chi connectivity index (χ0v) is 12.7. The number of alkyl halides is 1. The smallest absolute Gasteiger partial charge is 0.243 e. The Hall–Kier alpha value is -0.780. The fourth-order valence-electron chi connectivity index (χ4n) is 2.14. The highest BCUT2D eigenvalue weighted by Crippen LogP contribution is 2.33. The summed E-state index contributed by atoms with van der Waals surface area (Å²) < 4.78 is 31.8. The standard InChI is InChI=1S/C13H18ClNO3S/c1-3-15(11-4-5-11)19(16,17)12-6-7-13(18-2)10(8-12)9-14/h6-8,11H,3-5,9H2,1-2H3. The molecule has 19 heavy (non-hydrogen) atoms. The molecule has 1 aromatic rings. The van der Waals surface area contributed by atoms with Gasteiger partial charge < -0.3 is 4.74 Å². The fraction of sp³-hybridized carbons (Fsp3) is 0.538. The third-order valence-electron chi connectivity index (χ3n) is 3.27. The summed E-state index contributed by atoms with van der Waals surface area (Å²) in [5.74, 6) is 0.839. The van der Waals surface area contributed by atoms with Crippen molar-refractivity contribution in [3.8, 4) is 5.75 Å². The summed E-state index contributed by atoms with van der Waals surface area (Å²) in [6.45, 7) is 2.36. The van der Waals surface area contributed by atoms with Crippen molar-refractivity contribution in [2.24, 2.45) is 0 Å². The van der Waals surface area contributed by atoms with Crippen molar-refractivity contribution in [1.29, 1.82) is 0 Å². The molecule has 0 spiro atoms. The van der Waals surface area contributed by atoms with Gasteiger partial charge in [0.15, 0.2) is 0 Å². The molecule has 0 unspecified atom stereocenters. The molecule has 0 aliphatic heterocycles. The van der Waals surface area contributed by atoms with Gasteiger partial charge in [0.1, 0.15) is 5.75 Å². The summed E-state index contributed by atoms with van der Waals surface area (Å²) in [5, 5.41) is 0. The maximum Gasteiger partial charge on any atom is 0.243 e. The van der Waals surface area contributed by atoms with E-state index in [2.05, 4.69) is 0 Å². The Morgan fingerprint density at radius 2 is 2.11 bits per heavy atom. The zero-order valence-electron chi connectivity index (χ0n) is 11.1. The van der Waals surface area contributed by atoms with Crippen LogP contribution in [0, 0.1) is 0 Å². The minimum Gasteiger partial charge on any atom is -0.496 e. The molecule has 2 rings (SSSR count). The molecule has 1 aliphatic rings. The van der Waals surface area contributed by atoms with Gasteiger partial charge in [0.25, 0.3) is 0 Å². The molecular formula is C13H18ClNO3S. The molecule has 0 aromatic heterocycles. The number of benzene rings is 1. The second-order valence-corrected chi connectivity index (χ2v) is 6.70. The second-order valence-electron chi connectivity index (χ2n) is 4.55. The van der Waals surface area contributed by atoms with Gasteiger partial charge in [0.2, 0.25) is 10.0 Å². The number of nitrogens with zero attached hydrogens (tertiary/aromatic N) is 1. The largest absolute Gasteiger partial charge is 0.496 e. The van der Waals surface area contributed by atoms with E-state index in [1.807, 2.05) is 6.92 Å². The summed E-state index contributed by atoms with van der Waals surface area (Å²) in [6, 6.07) is 5.00. The van der Waals surface area contributed by atoms with Crippen LogP contribution in [-0.4, -0.2) is 32.4 Å². The van der Waals surface area contributed by atoms with Crippen LogP contribution in [0.5, 0.6) is 5.75 Å². The highest BCUT2D eigenvalue weighted by Gasteiger charge is 2.37. The van der Waals surface area contributed by atoms with E-state index >= 15 is 0 Å². The molecule has 4 nitrogen and oxygen atoms in total. The SMILES string of the molecule is CCN(C1CC1)S(=O)(=O)c1ccc(OC)c(CCl)c1. The Bertz CT molecular complexity index is 555. The summed E-state index contributed by atoms with van der Waals surface area (Å²) in [6.07, 6.45) is 1.90. The van der Waals surface area contributed by atoms with Crippen LogP contribution in [0.1, 0.15) is 25.3 Å². The Kier molecular flexibility index (Phi) is 4.38. The van der Waals surface area contributed by atoms with Crippen molar-refractivity contribution in [1.82, 2.24) is 4.31 Å². The van der Waals surface area contributed by atoms with Gasteiger partial charge in [-0.1, -0.05) is 6.92 Å². The quantitative estimate of drug-likeness (QED) is 0.759. The average molecular weight is 304 g/mol. The first-order chi connectivity index (χ1) is 9.04. The summed E-state index contributed by atoms with van der Waals surface area (Å²) >= 11 is 5.83. The molecule has 0 N–H and O–H groups in total. The van der Waals surface area contributed by atoms with Gasteiger partial charge in [0.05, 0.1) is 17.9 Å². The van der Waals surface area contributed by atoms with Crippen LogP contribution in [0.2, 0.25) is 0 Å². The van der Waals surface area contributed by atoms with E-state index in [1.54, 1.807) is 29.6 Å². The molecular weight excluding hydrogens is 286 g/mol. The van der Waals surface area contributed by atoms with Crippen molar-refractivity contribution in [2.75, 3.05) is 13.7 Å². The van der Waals surface area contributed by atoms with E-state index in [9.17, 15) is 8.42 Å². The molecule has 0 amide bonds. The Morgan fingerprint density at radius 3 is 2.58 bits per heavy atom. The summed E-state index contributed by atoms with van der Waals surface area (Å²) in [4.78, 5) is 0.290. The van der Waals surface area contributed by atoms with Crippen molar-refractivity contribution in [3.63, 3.8) is 0 Å². The molecule has 1 aromatic carbocycles. The number of hydrogen-bond donors (Lipinski definition) is 0. The highest BCUT2D eigenvalue weighted by molar-refractivity contribution is 7.89. The van der Waals surface area contributed by atoms with Gasteiger partial charge in [-0.05, 0) is 31.0 Å². The minimum absolute atomic E-state index is 0.163. The van der Waals surface area contributed by atoms with Crippen LogP contribution in [0.4, 0.5) is 0 Å². The second kappa shape index (κ2) is 5.69. The Morgan fingerprint density at radius 1 is 1.42 bits per heavy atom. The number of ether oxygens (including phenoxy) is 1. The van der Waals surface area contributed by atoms with E-state index in [0.29, 0.717) is 17.9 Å². The van der Waals surface area contributed by atoms with Gasteiger partial charge in [-0.15, -0.1) is 11.6 Å². The number of sulfonamides is 1. The van der Waals surface area contributed by atoms with Crippen LogP contribution in [0.15, 0.2) is 23.1 Å². The van der Waals surface area contributed by atoms with E-state index in [1.165, 1.54) is 0 Å². The zero-order chi connectivity index (χ0) is 14.0. The van der Waals surface area contributed by atoms with Crippen molar-refractivity contribution in [2.45, 2.75) is 36.6 Å². The Labute approximate surface area is 119 Å². The average Bonchev–Trinajstić information content (AvgIpc) is 3.23. The first kappa shape index (κ1) is 14.6. The van der Waals surface area contributed by atoms with Crippen LogP contribution >= 0.6 is 11.6 Å². The van der Waals surface area contributed by atoms with Crippen LogP contribution in [0.25, 0.3) is 0 Å². The Balaban J connectivity index is 2.39. The van der Waals surface area contributed by atoms with Gasteiger partial charge in [-0.3, -0.25) is 0 Å². The third-order valence-corrected chi connectivity index (χ3v) is 5.58. The van der Waals surface area contributed by atoms with Gasteiger partial charge in [-0.2, -0.15) is 4.31 Å².